The highest BCUT2D eigenvalue weighted by atomic mass is 35.5. The molecule has 4 heteroatoms. The molecule has 1 aromatic carbocycles. The zero-order valence-electron chi connectivity index (χ0n) is 11.1. The van der Waals surface area contributed by atoms with Crippen LogP contribution in [0.15, 0.2) is 30.3 Å². The van der Waals surface area contributed by atoms with Crippen LogP contribution in [0, 0.1) is 0 Å². The van der Waals surface area contributed by atoms with Gasteiger partial charge in [-0.05, 0) is 6.42 Å². The average Bonchev–Trinajstić information content (AvgIpc) is 2.39. The number of ether oxygens (including phenoxy) is 2. The van der Waals surface area contributed by atoms with Crippen LogP contribution in [0.1, 0.15) is 31.7 Å². The molecule has 1 aromatic rings. The standard InChI is InChI=1S/C14H20Cl2O2/c1-4-5-11-13(15,16)14(17-2,18-3)12-9-7-6-8-10-12/h6-10H,4-5,11H2,1-3H3. The summed E-state index contributed by atoms with van der Waals surface area (Å²) >= 11 is 13.0. The van der Waals surface area contributed by atoms with Gasteiger partial charge in [0.05, 0.1) is 0 Å². The minimum Gasteiger partial charge on any atom is -0.347 e. The van der Waals surface area contributed by atoms with Crippen molar-refractivity contribution < 1.29 is 9.47 Å². The quantitative estimate of drug-likeness (QED) is 0.544. The van der Waals surface area contributed by atoms with Gasteiger partial charge in [-0.3, -0.25) is 0 Å². The van der Waals surface area contributed by atoms with Gasteiger partial charge in [0.2, 0.25) is 5.79 Å². The molecular formula is C14H20Cl2O2. The van der Waals surface area contributed by atoms with Crippen LogP contribution in [0.5, 0.6) is 0 Å². The highest BCUT2D eigenvalue weighted by Crippen LogP contribution is 2.47. The SMILES string of the molecule is CCCCC(Cl)(Cl)C(OC)(OC)c1ccccc1. The molecule has 18 heavy (non-hydrogen) atoms. The van der Waals surface area contributed by atoms with Gasteiger partial charge in [0.25, 0.3) is 0 Å². The second-order valence-electron chi connectivity index (χ2n) is 4.20. The van der Waals surface area contributed by atoms with Gasteiger partial charge in [-0.25, -0.2) is 0 Å². The van der Waals surface area contributed by atoms with Crippen LogP contribution in [0.4, 0.5) is 0 Å². The van der Waals surface area contributed by atoms with E-state index in [9.17, 15) is 0 Å². The second kappa shape index (κ2) is 6.76. The molecule has 0 aliphatic rings. The van der Waals surface area contributed by atoms with Crippen molar-refractivity contribution in [2.24, 2.45) is 0 Å². The van der Waals surface area contributed by atoms with E-state index in [0.29, 0.717) is 6.42 Å². The lowest BCUT2D eigenvalue weighted by Crippen LogP contribution is -2.47. The summed E-state index contributed by atoms with van der Waals surface area (Å²) in [4.78, 5) is 0. The highest BCUT2D eigenvalue weighted by molar-refractivity contribution is 6.49. The summed E-state index contributed by atoms with van der Waals surface area (Å²) in [6.45, 7) is 2.09. The Hall–Kier alpha value is -0.280. The summed E-state index contributed by atoms with van der Waals surface area (Å²) < 4.78 is 9.97. The first-order valence-electron chi connectivity index (χ1n) is 6.07. The Morgan fingerprint density at radius 1 is 1.06 bits per heavy atom. The predicted octanol–water partition coefficient (Wildman–Crippen LogP) is 4.50. The summed E-state index contributed by atoms with van der Waals surface area (Å²) in [6.07, 6.45) is 2.52. The van der Waals surface area contributed by atoms with Gasteiger partial charge in [-0.15, -0.1) is 0 Å². The smallest absolute Gasteiger partial charge is 0.228 e. The van der Waals surface area contributed by atoms with Crippen molar-refractivity contribution in [3.05, 3.63) is 35.9 Å². The van der Waals surface area contributed by atoms with Crippen LogP contribution in [0.3, 0.4) is 0 Å². The van der Waals surface area contributed by atoms with Crippen molar-refractivity contribution in [1.82, 2.24) is 0 Å². The van der Waals surface area contributed by atoms with E-state index in [1.54, 1.807) is 14.2 Å². The van der Waals surface area contributed by atoms with E-state index in [1.807, 2.05) is 30.3 Å². The van der Waals surface area contributed by atoms with Crippen molar-refractivity contribution in [1.29, 1.82) is 0 Å². The lowest BCUT2D eigenvalue weighted by molar-refractivity contribution is -0.226. The topological polar surface area (TPSA) is 18.5 Å². The number of unbranched alkanes of at least 4 members (excludes halogenated alkanes) is 1. The first-order chi connectivity index (χ1) is 8.54. The zero-order chi connectivity index (χ0) is 13.6. The third-order valence-corrected chi connectivity index (χ3v) is 3.93. The van der Waals surface area contributed by atoms with Crippen LogP contribution in [-0.2, 0) is 15.3 Å². The Kier molecular flexibility index (Phi) is 5.93. The summed E-state index contributed by atoms with van der Waals surface area (Å²) in [6, 6.07) is 9.55. The van der Waals surface area contributed by atoms with E-state index in [0.717, 1.165) is 18.4 Å². The molecule has 1 rings (SSSR count). The van der Waals surface area contributed by atoms with E-state index in [4.69, 9.17) is 32.7 Å². The molecule has 0 bridgehead atoms. The normalized spacial score (nSPS) is 12.7. The minimum absolute atomic E-state index is 0.600. The average molecular weight is 291 g/mol. The Morgan fingerprint density at radius 2 is 1.61 bits per heavy atom. The second-order valence-corrected chi connectivity index (χ2v) is 5.68. The lowest BCUT2D eigenvalue weighted by atomic mass is 9.97. The third kappa shape index (κ3) is 3.00. The molecule has 0 fully saturated rings. The maximum absolute atomic E-state index is 6.49. The summed E-state index contributed by atoms with van der Waals surface area (Å²) in [7, 11) is 3.11. The molecule has 0 unspecified atom stereocenters. The fraction of sp³-hybridized carbons (Fsp3) is 0.571. The molecular weight excluding hydrogens is 271 g/mol. The summed E-state index contributed by atoms with van der Waals surface area (Å²) in [5.41, 5.74) is 0.816. The van der Waals surface area contributed by atoms with Crippen LogP contribution in [-0.4, -0.2) is 18.6 Å². The molecule has 0 aromatic heterocycles. The molecule has 2 nitrogen and oxygen atoms in total. The number of halogens is 2. The van der Waals surface area contributed by atoms with Gasteiger partial charge >= 0.3 is 0 Å². The Bertz CT molecular complexity index is 348. The summed E-state index contributed by atoms with van der Waals surface area (Å²) in [5.74, 6) is -1.15. The molecule has 102 valence electrons. The van der Waals surface area contributed by atoms with Gasteiger partial charge in [0, 0.05) is 19.8 Å². The first-order valence-corrected chi connectivity index (χ1v) is 6.83. The molecule has 0 amide bonds. The van der Waals surface area contributed by atoms with Gasteiger partial charge in [0.1, 0.15) is 0 Å². The van der Waals surface area contributed by atoms with E-state index in [1.165, 1.54) is 0 Å². The van der Waals surface area contributed by atoms with E-state index >= 15 is 0 Å². The molecule has 0 saturated heterocycles. The minimum atomic E-state index is -1.15. The fourth-order valence-corrected chi connectivity index (χ4v) is 2.84. The van der Waals surface area contributed by atoms with Crippen molar-refractivity contribution >= 4 is 23.2 Å². The van der Waals surface area contributed by atoms with Crippen molar-refractivity contribution in [2.75, 3.05) is 14.2 Å². The van der Waals surface area contributed by atoms with Crippen molar-refractivity contribution in [3.8, 4) is 0 Å². The Labute approximate surface area is 119 Å². The van der Waals surface area contributed by atoms with Crippen LogP contribution in [0.25, 0.3) is 0 Å². The lowest BCUT2D eigenvalue weighted by Gasteiger charge is -2.41. The number of rotatable bonds is 7. The van der Waals surface area contributed by atoms with Crippen molar-refractivity contribution in [3.63, 3.8) is 0 Å². The van der Waals surface area contributed by atoms with Crippen LogP contribution < -0.4 is 0 Å². The monoisotopic (exact) mass is 290 g/mol. The van der Waals surface area contributed by atoms with Gasteiger partial charge in [-0.1, -0.05) is 73.3 Å². The molecule has 0 radical (unpaired) electrons. The zero-order valence-corrected chi connectivity index (χ0v) is 12.6. The number of methoxy groups -OCH3 is 2. The van der Waals surface area contributed by atoms with Gasteiger partial charge < -0.3 is 9.47 Å². The number of hydrogen-bond acceptors (Lipinski definition) is 2. The van der Waals surface area contributed by atoms with Gasteiger partial charge in [-0.2, -0.15) is 0 Å². The summed E-state index contributed by atoms with van der Waals surface area (Å²) in [5, 5.41) is 0. The molecule has 0 heterocycles. The van der Waals surface area contributed by atoms with E-state index in [2.05, 4.69) is 6.92 Å². The maximum atomic E-state index is 6.49. The Balaban J connectivity index is 3.14. The molecule has 0 aliphatic heterocycles. The third-order valence-electron chi connectivity index (χ3n) is 3.05. The van der Waals surface area contributed by atoms with Crippen LogP contribution in [0.2, 0.25) is 0 Å². The maximum Gasteiger partial charge on any atom is 0.228 e. The predicted molar refractivity (Wildman–Crippen MR) is 76.1 cm³/mol. The fourth-order valence-electron chi connectivity index (χ4n) is 2.05. The number of alkyl halides is 2. The first kappa shape index (κ1) is 15.8. The van der Waals surface area contributed by atoms with E-state index < -0.39 is 10.1 Å². The van der Waals surface area contributed by atoms with Crippen molar-refractivity contribution in [2.45, 2.75) is 36.3 Å². The largest absolute Gasteiger partial charge is 0.347 e. The van der Waals surface area contributed by atoms with Crippen LogP contribution >= 0.6 is 23.2 Å². The highest BCUT2D eigenvalue weighted by Gasteiger charge is 2.51. The molecule has 0 aliphatic carbocycles. The molecule has 0 atom stereocenters. The number of benzene rings is 1. The number of hydrogen-bond donors (Lipinski definition) is 0. The van der Waals surface area contributed by atoms with Gasteiger partial charge in [0.15, 0.2) is 4.33 Å². The molecule has 0 spiro atoms. The molecule has 0 N–H and O–H groups in total. The Morgan fingerprint density at radius 3 is 2.06 bits per heavy atom. The van der Waals surface area contributed by atoms with E-state index in [-0.39, 0.29) is 0 Å². The molecule has 0 saturated carbocycles.